The molecule has 0 aromatic heterocycles. The van der Waals surface area contributed by atoms with Gasteiger partial charge in [0, 0.05) is 11.1 Å². The highest BCUT2D eigenvalue weighted by atomic mass is 32.1. The number of rotatable bonds is 4. The minimum atomic E-state index is -0.316. The predicted octanol–water partition coefficient (Wildman–Crippen LogP) is 3.94. The molecule has 3 rings (SSSR count). The lowest BCUT2D eigenvalue weighted by atomic mass is 10.2. The maximum atomic E-state index is 12.2. The molecule has 2 amide bonds. The van der Waals surface area contributed by atoms with Gasteiger partial charge in [0.25, 0.3) is 11.8 Å². The highest BCUT2D eigenvalue weighted by Crippen LogP contribution is 2.21. The van der Waals surface area contributed by atoms with E-state index in [1.807, 2.05) is 12.1 Å². The van der Waals surface area contributed by atoms with E-state index in [2.05, 4.69) is 21.3 Å². The van der Waals surface area contributed by atoms with Crippen molar-refractivity contribution in [1.82, 2.24) is 10.6 Å². The summed E-state index contributed by atoms with van der Waals surface area (Å²) in [6, 6.07) is 24.7. The fraction of sp³-hybridized carbons (Fsp3) is 0. The smallest absolute Gasteiger partial charge is 0.257 e. The summed E-state index contributed by atoms with van der Waals surface area (Å²) in [6.07, 6.45) is 0. The van der Waals surface area contributed by atoms with Gasteiger partial charge in [-0.3, -0.25) is 20.2 Å². The Kier molecular flexibility index (Phi) is 7.20. The van der Waals surface area contributed by atoms with Crippen LogP contribution in [0, 0.1) is 0 Å². The zero-order valence-electron chi connectivity index (χ0n) is 15.7. The Morgan fingerprint density at radius 1 is 0.533 bits per heavy atom. The highest BCUT2D eigenvalue weighted by molar-refractivity contribution is 7.80. The average molecular weight is 435 g/mol. The predicted molar refractivity (Wildman–Crippen MR) is 127 cm³/mol. The Hall–Kier alpha value is -3.62. The van der Waals surface area contributed by atoms with Gasteiger partial charge >= 0.3 is 0 Å². The number of hydrogen-bond donors (Lipinski definition) is 4. The molecule has 0 aliphatic heterocycles. The average Bonchev–Trinajstić information content (AvgIpc) is 2.76. The number of nitrogens with one attached hydrogen (secondary N) is 4. The number of hydrogen-bond acceptors (Lipinski definition) is 4. The van der Waals surface area contributed by atoms with Crippen LogP contribution in [0.3, 0.4) is 0 Å². The van der Waals surface area contributed by atoms with Gasteiger partial charge in [-0.1, -0.05) is 48.5 Å². The molecule has 0 unspecified atom stereocenters. The van der Waals surface area contributed by atoms with Gasteiger partial charge in [0.15, 0.2) is 10.2 Å². The molecule has 0 saturated carbocycles. The maximum Gasteiger partial charge on any atom is 0.257 e. The van der Waals surface area contributed by atoms with Crippen LogP contribution in [0.15, 0.2) is 84.9 Å². The number of amides is 2. The van der Waals surface area contributed by atoms with Crippen molar-refractivity contribution in [2.75, 3.05) is 10.6 Å². The van der Waals surface area contributed by atoms with E-state index in [0.29, 0.717) is 22.5 Å². The van der Waals surface area contributed by atoms with Crippen LogP contribution in [-0.4, -0.2) is 22.0 Å². The number of carbonyl (C=O) groups excluding carboxylic acids is 2. The van der Waals surface area contributed by atoms with E-state index < -0.39 is 0 Å². The Labute approximate surface area is 184 Å². The minimum Gasteiger partial charge on any atom is -0.331 e. The van der Waals surface area contributed by atoms with Crippen molar-refractivity contribution >= 4 is 57.8 Å². The summed E-state index contributed by atoms with van der Waals surface area (Å²) in [5.74, 6) is -0.631. The van der Waals surface area contributed by atoms with Crippen LogP contribution in [0.1, 0.15) is 20.7 Å². The van der Waals surface area contributed by atoms with Crippen molar-refractivity contribution < 1.29 is 9.59 Å². The summed E-state index contributed by atoms with van der Waals surface area (Å²) in [5.41, 5.74) is 2.18. The van der Waals surface area contributed by atoms with Crippen molar-refractivity contribution in [2.24, 2.45) is 0 Å². The molecule has 30 heavy (non-hydrogen) atoms. The summed E-state index contributed by atoms with van der Waals surface area (Å²) in [7, 11) is 0. The van der Waals surface area contributed by atoms with E-state index in [1.165, 1.54) is 0 Å². The van der Waals surface area contributed by atoms with Crippen LogP contribution in [0.2, 0.25) is 0 Å². The summed E-state index contributed by atoms with van der Waals surface area (Å²) in [4.78, 5) is 24.5. The fourth-order valence-corrected chi connectivity index (χ4v) is 2.94. The first kappa shape index (κ1) is 21.1. The molecule has 0 saturated heterocycles. The molecule has 0 radical (unpaired) electrons. The van der Waals surface area contributed by atoms with Crippen LogP contribution >= 0.6 is 24.4 Å². The second kappa shape index (κ2) is 10.2. The maximum absolute atomic E-state index is 12.2. The molecule has 150 valence electrons. The van der Waals surface area contributed by atoms with E-state index in [0.717, 1.165) is 0 Å². The number of carbonyl (C=O) groups is 2. The lowest BCUT2D eigenvalue weighted by molar-refractivity contribution is 0.0969. The molecule has 3 aromatic carbocycles. The number of para-hydroxylation sites is 2. The summed E-state index contributed by atoms with van der Waals surface area (Å²) < 4.78 is 0. The Morgan fingerprint density at radius 2 is 0.867 bits per heavy atom. The van der Waals surface area contributed by atoms with Crippen molar-refractivity contribution in [2.45, 2.75) is 0 Å². The lowest BCUT2D eigenvalue weighted by Gasteiger charge is -2.15. The molecular weight excluding hydrogens is 416 g/mol. The van der Waals surface area contributed by atoms with E-state index >= 15 is 0 Å². The van der Waals surface area contributed by atoms with Crippen LogP contribution < -0.4 is 21.3 Å². The Balaban J connectivity index is 1.61. The van der Waals surface area contributed by atoms with Crippen molar-refractivity contribution in [3.05, 3.63) is 96.1 Å². The third kappa shape index (κ3) is 5.94. The summed E-state index contributed by atoms with van der Waals surface area (Å²) in [5, 5.41) is 11.5. The zero-order valence-corrected chi connectivity index (χ0v) is 17.3. The van der Waals surface area contributed by atoms with Crippen molar-refractivity contribution in [3.63, 3.8) is 0 Å². The van der Waals surface area contributed by atoms with Gasteiger partial charge in [-0.2, -0.15) is 0 Å². The molecule has 0 bridgehead atoms. The van der Waals surface area contributed by atoms with E-state index in [4.69, 9.17) is 24.4 Å². The van der Waals surface area contributed by atoms with E-state index in [1.54, 1.807) is 72.8 Å². The molecule has 0 fully saturated rings. The first-order valence-corrected chi connectivity index (χ1v) is 9.78. The molecule has 8 heteroatoms. The Morgan fingerprint density at radius 3 is 1.23 bits per heavy atom. The highest BCUT2D eigenvalue weighted by Gasteiger charge is 2.11. The van der Waals surface area contributed by atoms with Crippen LogP contribution in [0.25, 0.3) is 0 Å². The molecule has 0 aliphatic carbocycles. The van der Waals surface area contributed by atoms with Gasteiger partial charge in [0.2, 0.25) is 0 Å². The quantitative estimate of drug-likeness (QED) is 0.466. The molecule has 4 N–H and O–H groups in total. The largest absolute Gasteiger partial charge is 0.331 e. The second-order valence-corrected chi connectivity index (χ2v) is 6.91. The topological polar surface area (TPSA) is 82.3 Å². The van der Waals surface area contributed by atoms with Gasteiger partial charge < -0.3 is 10.6 Å². The van der Waals surface area contributed by atoms with E-state index in [9.17, 15) is 9.59 Å². The van der Waals surface area contributed by atoms with Gasteiger partial charge in [0.1, 0.15) is 0 Å². The molecule has 0 spiro atoms. The van der Waals surface area contributed by atoms with Crippen LogP contribution in [0.5, 0.6) is 0 Å². The van der Waals surface area contributed by atoms with Gasteiger partial charge in [0.05, 0.1) is 11.4 Å². The number of thiocarbonyl (C=S) groups is 2. The summed E-state index contributed by atoms with van der Waals surface area (Å²) in [6.45, 7) is 0. The SMILES string of the molecule is O=C(NC(=S)Nc1ccccc1NC(=S)NC(=O)c1ccccc1)c1ccccc1. The van der Waals surface area contributed by atoms with Crippen LogP contribution in [0.4, 0.5) is 11.4 Å². The molecule has 3 aromatic rings. The third-order valence-corrected chi connectivity index (χ3v) is 4.36. The minimum absolute atomic E-state index is 0.136. The number of anilines is 2. The molecule has 0 atom stereocenters. The van der Waals surface area contributed by atoms with Crippen molar-refractivity contribution in [3.8, 4) is 0 Å². The lowest BCUT2D eigenvalue weighted by Crippen LogP contribution is -2.36. The molecule has 0 aliphatic rings. The standard InChI is InChI=1S/C22H18N4O2S2/c27-19(15-9-3-1-4-10-15)25-21(29)23-17-13-7-8-14-18(17)24-22(30)26-20(28)16-11-5-2-6-12-16/h1-14H,(H2,23,25,27,29)(H2,24,26,28,30). The summed E-state index contributed by atoms with van der Waals surface area (Å²) >= 11 is 10.5. The van der Waals surface area contributed by atoms with Crippen molar-refractivity contribution in [1.29, 1.82) is 0 Å². The second-order valence-electron chi connectivity index (χ2n) is 6.09. The van der Waals surface area contributed by atoms with Crippen LogP contribution in [-0.2, 0) is 0 Å². The molecular formula is C22H18N4O2S2. The fourth-order valence-electron chi connectivity index (χ4n) is 2.54. The number of benzene rings is 3. The van der Waals surface area contributed by atoms with Gasteiger partial charge in [-0.25, -0.2) is 0 Å². The normalized spacial score (nSPS) is 9.87. The molecule has 0 heterocycles. The third-order valence-electron chi connectivity index (χ3n) is 3.95. The van der Waals surface area contributed by atoms with Gasteiger partial charge in [-0.05, 0) is 60.8 Å². The Bertz CT molecular complexity index is 986. The first-order valence-electron chi connectivity index (χ1n) is 8.97. The zero-order chi connectivity index (χ0) is 21.3. The van der Waals surface area contributed by atoms with E-state index in [-0.39, 0.29) is 22.0 Å². The first-order chi connectivity index (χ1) is 14.5. The monoisotopic (exact) mass is 434 g/mol. The molecule has 6 nitrogen and oxygen atoms in total. The van der Waals surface area contributed by atoms with Gasteiger partial charge in [-0.15, -0.1) is 0 Å².